The zero-order valence-electron chi connectivity index (χ0n) is 17.1. The summed E-state index contributed by atoms with van der Waals surface area (Å²) in [7, 11) is 0. The monoisotopic (exact) mass is 400 g/mol. The SMILES string of the molecule is CCCCCCCCCCCCCCCCCCCCCCC[AsH2]. The average molecular weight is 401 g/mol. The third-order valence-corrected chi connectivity index (χ3v) is 6.16. The Morgan fingerprint density at radius 2 is 0.542 bits per heavy atom. The van der Waals surface area contributed by atoms with Gasteiger partial charge in [0.15, 0.2) is 0 Å². The van der Waals surface area contributed by atoms with E-state index in [1.807, 2.05) is 16.9 Å². The standard InChI is InChI=1S/C23H49As/c1-2-3-4-5-6-7-8-9-10-11-12-13-14-15-16-17-18-19-20-21-22-23-24/h2-24H2,1H3. The maximum atomic E-state index is 2.30. The van der Waals surface area contributed by atoms with Crippen LogP contribution in [0, 0.1) is 0 Å². The maximum absolute atomic E-state index is 2.30. The summed E-state index contributed by atoms with van der Waals surface area (Å²) in [5, 5.41) is 1.44. The van der Waals surface area contributed by atoms with Crippen molar-refractivity contribution in [2.75, 3.05) is 0 Å². The van der Waals surface area contributed by atoms with Crippen molar-refractivity contribution >= 4 is 16.9 Å². The molecule has 0 fully saturated rings. The van der Waals surface area contributed by atoms with Crippen molar-refractivity contribution in [1.29, 1.82) is 0 Å². The van der Waals surface area contributed by atoms with Gasteiger partial charge in [-0.2, -0.15) is 0 Å². The van der Waals surface area contributed by atoms with Gasteiger partial charge in [0.25, 0.3) is 0 Å². The van der Waals surface area contributed by atoms with Gasteiger partial charge in [0.05, 0.1) is 0 Å². The molecule has 0 rings (SSSR count). The molecule has 24 heavy (non-hydrogen) atoms. The van der Waals surface area contributed by atoms with E-state index in [1.165, 1.54) is 140 Å². The Hall–Kier alpha value is 0.558. The molecule has 0 amide bonds. The van der Waals surface area contributed by atoms with E-state index in [-0.39, 0.29) is 0 Å². The third-order valence-electron chi connectivity index (χ3n) is 5.31. The molecular weight excluding hydrogens is 351 g/mol. The molecule has 0 aliphatic carbocycles. The van der Waals surface area contributed by atoms with Crippen LogP contribution >= 0.6 is 0 Å². The number of unbranched alkanes of at least 4 members (excludes halogenated alkanes) is 20. The summed E-state index contributed by atoms with van der Waals surface area (Å²) in [4.78, 5) is 0. The molecule has 1 unspecified atom stereocenters. The Morgan fingerprint density at radius 3 is 0.750 bits per heavy atom. The summed E-state index contributed by atoms with van der Waals surface area (Å²) in [6, 6.07) is 0. The Balaban J connectivity index is 2.93. The molecule has 0 heterocycles. The summed E-state index contributed by atoms with van der Waals surface area (Å²) in [5.74, 6) is 0. The van der Waals surface area contributed by atoms with Gasteiger partial charge >= 0.3 is 92.7 Å². The molecule has 0 radical (unpaired) electrons. The predicted molar refractivity (Wildman–Crippen MR) is 116 cm³/mol. The quantitative estimate of drug-likeness (QED) is 0.134. The molecular formula is C23H49As. The van der Waals surface area contributed by atoms with Crippen LogP contribution in [0.1, 0.15) is 142 Å². The van der Waals surface area contributed by atoms with Crippen LogP contribution in [-0.2, 0) is 0 Å². The van der Waals surface area contributed by atoms with E-state index in [4.69, 9.17) is 0 Å². The Bertz CT molecular complexity index is 180. The van der Waals surface area contributed by atoms with Crippen molar-refractivity contribution in [1.82, 2.24) is 0 Å². The summed E-state index contributed by atoms with van der Waals surface area (Å²) in [6.45, 7) is 2.30. The molecule has 0 aromatic rings. The van der Waals surface area contributed by atoms with Gasteiger partial charge in [0, 0.05) is 0 Å². The fourth-order valence-corrected chi connectivity index (χ4v) is 4.18. The number of hydrogen-bond acceptors (Lipinski definition) is 0. The third kappa shape index (κ3) is 22.6. The van der Waals surface area contributed by atoms with Crippen LogP contribution in [-0.4, -0.2) is 16.9 Å². The van der Waals surface area contributed by atoms with Crippen LogP contribution in [0.5, 0.6) is 0 Å². The van der Waals surface area contributed by atoms with E-state index in [0.717, 1.165) is 0 Å². The van der Waals surface area contributed by atoms with E-state index in [1.54, 1.807) is 0 Å². The van der Waals surface area contributed by atoms with Crippen molar-refractivity contribution in [3.05, 3.63) is 0 Å². The first-order valence-electron chi connectivity index (χ1n) is 11.6. The Kier molecular flexibility index (Phi) is 24.1. The van der Waals surface area contributed by atoms with Crippen molar-refractivity contribution in [2.45, 2.75) is 147 Å². The van der Waals surface area contributed by atoms with Gasteiger partial charge in [0.1, 0.15) is 0 Å². The Morgan fingerprint density at radius 1 is 0.333 bits per heavy atom. The fourth-order valence-electron chi connectivity index (χ4n) is 3.58. The van der Waals surface area contributed by atoms with E-state index in [9.17, 15) is 0 Å². The fraction of sp³-hybridized carbons (Fsp3) is 1.00. The van der Waals surface area contributed by atoms with Crippen molar-refractivity contribution in [3.8, 4) is 0 Å². The second-order valence-electron chi connectivity index (χ2n) is 7.86. The summed E-state index contributed by atoms with van der Waals surface area (Å²) >= 11 is 1.90. The summed E-state index contributed by atoms with van der Waals surface area (Å²) in [6.07, 6.45) is 31.1. The molecule has 146 valence electrons. The van der Waals surface area contributed by atoms with Gasteiger partial charge in [-0.05, 0) is 0 Å². The average Bonchev–Trinajstić information content (AvgIpc) is 2.60. The van der Waals surface area contributed by atoms with Gasteiger partial charge in [-0.15, -0.1) is 0 Å². The molecule has 0 nitrogen and oxygen atoms in total. The zero-order chi connectivity index (χ0) is 17.6. The van der Waals surface area contributed by atoms with Crippen LogP contribution in [0.25, 0.3) is 0 Å². The Labute approximate surface area is 163 Å². The molecule has 0 saturated carbocycles. The zero-order valence-corrected chi connectivity index (χ0v) is 19.6. The van der Waals surface area contributed by atoms with Gasteiger partial charge in [-0.25, -0.2) is 0 Å². The van der Waals surface area contributed by atoms with E-state index in [2.05, 4.69) is 6.92 Å². The molecule has 0 aliphatic heterocycles. The first-order chi connectivity index (χ1) is 11.9. The minimum absolute atomic E-state index is 1.37. The second-order valence-corrected chi connectivity index (χ2v) is 9.07. The number of hydrogen-bond donors (Lipinski definition) is 0. The number of rotatable bonds is 21. The van der Waals surface area contributed by atoms with Crippen molar-refractivity contribution < 1.29 is 0 Å². The van der Waals surface area contributed by atoms with Gasteiger partial charge in [-0.3, -0.25) is 0 Å². The van der Waals surface area contributed by atoms with E-state index < -0.39 is 0 Å². The topological polar surface area (TPSA) is 0 Å². The van der Waals surface area contributed by atoms with Gasteiger partial charge < -0.3 is 0 Å². The first-order valence-corrected chi connectivity index (χ1v) is 13.3. The van der Waals surface area contributed by atoms with Crippen LogP contribution < -0.4 is 0 Å². The summed E-state index contributed by atoms with van der Waals surface area (Å²) < 4.78 is 0. The minimum atomic E-state index is 1.37. The van der Waals surface area contributed by atoms with Crippen molar-refractivity contribution in [3.63, 3.8) is 0 Å². The molecule has 1 atom stereocenters. The van der Waals surface area contributed by atoms with Gasteiger partial charge in [-0.1, -0.05) is 71.1 Å². The van der Waals surface area contributed by atoms with Gasteiger partial charge in [0.2, 0.25) is 0 Å². The predicted octanol–water partition coefficient (Wildman–Crippen LogP) is 8.25. The molecule has 0 N–H and O–H groups in total. The molecule has 0 saturated heterocycles. The molecule has 0 aromatic carbocycles. The molecule has 0 spiro atoms. The normalized spacial score (nSPS) is 11.2. The van der Waals surface area contributed by atoms with Crippen molar-refractivity contribution in [2.24, 2.45) is 0 Å². The molecule has 0 bridgehead atoms. The van der Waals surface area contributed by atoms with Crippen LogP contribution in [0.4, 0.5) is 0 Å². The van der Waals surface area contributed by atoms with Crippen LogP contribution in [0.3, 0.4) is 0 Å². The molecule has 1 heteroatoms. The first kappa shape index (κ1) is 24.6. The summed E-state index contributed by atoms with van der Waals surface area (Å²) in [5.41, 5.74) is 0. The molecule has 0 aliphatic rings. The van der Waals surface area contributed by atoms with E-state index >= 15 is 0 Å². The molecule has 0 aromatic heterocycles. The second kappa shape index (κ2) is 23.6. The van der Waals surface area contributed by atoms with Crippen LogP contribution in [0.2, 0.25) is 5.21 Å². The van der Waals surface area contributed by atoms with E-state index in [0.29, 0.717) is 0 Å². The van der Waals surface area contributed by atoms with Crippen LogP contribution in [0.15, 0.2) is 0 Å².